The number of hydrogen-bond acceptors (Lipinski definition) is 10. The van der Waals surface area contributed by atoms with E-state index in [1.807, 2.05) is 6.08 Å². The van der Waals surface area contributed by atoms with Crippen molar-refractivity contribution in [1.29, 1.82) is 0 Å². The van der Waals surface area contributed by atoms with Crippen LogP contribution in [0, 0.1) is 0 Å². The van der Waals surface area contributed by atoms with Crippen LogP contribution in [0.4, 0.5) is 0 Å². The van der Waals surface area contributed by atoms with Gasteiger partial charge in [0.1, 0.15) is 24.4 Å². The molecule has 1 amide bonds. The Morgan fingerprint density at radius 3 is 1.58 bits per heavy atom. The third kappa shape index (κ3) is 41.0. The molecule has 1 heterocycles. The lowest BCUT2D eigenvalue weighted by Gasteiger charge is -2.40. The second-order valence-corrected chi connectivity index (χ2v) is 20.4. The molecule has 0 saturated carbocycles. The number of amides is 1. The SMILES string of the molecule is CCC/C=C\C/C=C\CCCCCCCC(=O)OCCCCC/C=C\C=C/CCCCCCCCCCCCC(=O)NC(COC1OC(CO)C(O)C(O)C1O)C(O)/C=C/CC/C=C/CCCCCCCCC. The van der Waals surface area contributed by atoms with Crippen molar-refractivity contribution in [3.63, 3.8) is 0 Å². The van der Waals surface area contributed by atoms with Crippen LogP contribution in [0.3, 0.4) is 0 Å². The summed E-state index contributed by atoms with van der Waals surface area (Å²) >= 11 is 0. The van der Waals surface area contributed by atoms with Gasteiger partial charge in [-0.25, -0.2) is 0 Å². The third-order valence-corrected chi connectivity index (χ3v) is 13.5. The Hall–Kier alpha value is -2.90. The number of aliphatic hydroxyl groups is 5. The number of aliphatic hydroxyl groups excluding tert-OH is 5. The minimum absolute atomic E-state index is 0.0452. The number of unbranched alkanes of at least 4 members (excludes halogenated alkanes) is 27. The average molecular weight is 1030 g/mol. The van der Waals surface area contributed by atoms with Crippen LogP contribution in [0.2, 0.25) is 0 Å². The minimum Gasteiger partial charge on any atom is -0.466 e. The first-order valence-electron chi connectivity index (χ1n) is 29.7. The summed E-state index contributed by atoms with van der Waals surface area (Å²) in [6, 6.07) is -0.837. The number of carbonyl (C=O) groups is 2. The van der Waals surface area contributed by atoms with E-state index < -0.39 is 49.5 Å². The minimum atomic E-state index is -1.58. The number of hydrogen-bond donors (Lipinski definition) is 6. The summed E-state index contributed by atoms with van der Waals surface area (Å²) in [7, 11) is 0. The zero-order valence-corrected chi connectivity index (χ0v) is 46.3. The van der Waals surface area contributed by atoms with E-state index in [1.165, 1.54) is 116 Å². The third-order valence-electron chi connectivity index (χ3n) is 13.5. The molecule has 0 aliphatic carbocycles. The summed E-state index contributed by atoms with van der Waals surface area (Å²) in [6.45, 7) is 4.19. The molecule has 0 aromatic heterocycles. The molecule has 1 rings (SSSR count). The lowest BCUT2D eigenvalue weighted by Crippen LogP contribution is -2.60. The van der Waals surface area contributed by atoms with E-state index in [0.717, 1.165) is 103 Å². The number of esters is 1. The molecule has 73 heavy (non-hydrogen) atoms. The molecule has 7 atom stereocenters. The van der Waals surface area contributed by atoms with Crippen molar-refractivity contribution in [3.05, 3.63) is 72.9 Å². The maximum absolute atomic E-state index is 13.0. The number of rotatable bonds is 50. The van der Waals surface area contributed by atoms with Gasteiger partial charge in [0.2, 0.25) is 5.91 Å². The van der Waals surface area contributed by atoms with E-state index in [9.17, 15) is 35.1 Å². The van der Waals surface area contributed by atoms with E-state index in [0.29, 0.717) is 19.4 Å². The predicted octanol–water partition coefficient (Wildman–Crippen LogP) is 13.6. The summed E-state index contributed by atoms with van der Waals surface area (Å²) in [5.74, 6) is -0.249. The van der Waals surface area contributed by atoms with Crippen LogP contribution in [0.5, 0.6) is 0 Å². The fourth-order valence-electron chi connectivity index (χ4n) is 8.77. The normalized spacial score (nSPS) is 19.5. The highest BCUT2D eigenvalue weighted by Gasteiger charge is 2.44. The van der Waals surface area contributed by atoms with Crippen LogP contribution in [-0.4, -0.2) is 100 Å². The van der Waals surface area contributed by atoms with Crippen molar-refractivity contribution in [2.24, 2.45) is 0 Å². The van der Waals surface area contributed by atoms with Gasteiger partial charge < -0.3 is 45.1 Å². The molecule has 422 valence electrons. The first kappa shape index (κ1) is 68.1. The van der Waals surface area contributed by atoms with Crippen molar-refractivity contribution in [2.45, 2.75) is 288 Å². The molecule has 1 aliphatic heterocycles. The van der Waals surface area contributed by atoms with Crippen molar-refractivity contribution in [3.8, 4) is 0 Å². The molecule has 0 spiro atoms. The van der Waals surface area contributed by atoms with Gasteiger partial charge in [-0.1, -0.05) is 202 Å². The van der Waals surface area contributed by atoms with Crippen molar-refractivity contribution < 1.29 is 49.3 Å². The molecule has 11 nitrogen and oxygen atoms in total. The van der Waals surface area contributed by atoms with Gasteiger partial charge in [-0.05, 0) is 103 Å². The Morgan fingerprint density at radius 1 is 0.521 bits per heavy atom. The van der Waals surface area contributed by atoms with Crippen LogP contribution in [0.25, 0.3) is 0 Å². The molecule has 0 aromatic carbocycles. The zero-order valence-electron chi connectivity index (χ0n) is 46.3. The first-order chi connectivity index (χ1) is 35.7. The molecular weight excluding hydrogens is 919 g/mol. The second kappa shape index (κ2) is 51.2. The van der Waals surface area contributed by atoms with Gasteiger partial charge in [-0.3, -0.25) is 9.59 Å². The van der Waals surface area contributed by atoms with E-state index >= 15 is 0 Å². The average Bonchev–Trinajstić information content (AvgIpc) is 3.39. The highest BCUT2D eigenvalue weighted by molar-refractivity contribution is 5.76. The number of carbonyl (C=O) groups excluding carboxylic acids is 2. The molecule has 7 unspecified atom stereocenters. The van der Waals surface area contributed by atoms with Gasteiger partial charge in [-0.15, -0.1) is 0 Å². The van der Waals surface area contributed by atoms with Crippen LogP contribution in [0.1, 0.15) is 245 Å². The van der Waals surface area contributed by atoms with Gasteiger partial charge in [0.15, 0.2) is 6.29 Å². The highest BCUT2D eigenvalue weighted by atomic mass is 16.7. The fraction of sp³-hybridized carbons (Fsp3) is 0.774. The van der Waals surface area contributed by atoms with Crippen molar-refractivity contribution in [2.75, 3.05) is 19.8 Å². The zero-order chi connectivity index (χ0) is 53.1. The Morgan fingerprint density at radius 2 is 1.00 bits per heavy atom. The van der Waals surface area contributed by atoms with E-state index in [1.54, 1.807) is 6.08 Å². The lowest BCUT2D eigenvalue weighted by atomic mass is 9.99. The quantitative estimate of drug-likeness (QED) is 0.0149. The number of ether oxygens (including phenoxy) is 3. The second-order valence-electron chi connectivity index (χ2n) is 20.4. The molecule has 1 aliphatic rings. The van der Waals surface area contributed by atoms with Gasteiger partial charge >= 0.3 is 5.97 Å². The monoisotopic (exact) mass is 1030 g/mol. The summed E-state index contributed by atoms with van der Waals surface area (Å²) < 4.78 is 16.7. The Balaban J connectivity index is 2.13. The molecule has 1 fully saturated rings. The molecule has 1 saturated heterocycles. The summed E-state index contributed by atoms with van der Waals surface area (Å²) in [6.07, 6.45) is 57.0. The maximum Gasteiger partial charge on any atom is 0.305 e. The summed E-state index contributed by atoms with van der Waals surface area (Å²) in [4.78, 5) is 25.1. The van der Waals surface area contributed by atoms with Gasteiger partial charge in [0.25, 0.3) is 0 Å². The van der Waals surface area contributed by atoms with Crippen LogP contribution >= 0.6 is 0 Å². The standard InChI is InChI=1S/C62H109NO10/c1-3-5-7-9-11-13-15-24-28-32-36-40-44-48-55(65)54(53-72-62-61(70)60(69)59(68)56(52-64)73-62)63-57(66)49-45-41-37-33-29-26-22-20-18-17-19-21-23-27-31-35-39-43-47-51-71-58(67)50-46-42-38-34-30-25-16-14-12-10-8-6-4-2/h8,10,14,16,21,23,27-28,31-32,44,48,54-56,59-62,64-65,68-70H,3-7,9,11-13,15,17-20,22,24-26,29-30,33-43,45-47,49-53H2,1-2H3,(H,63,66)/b10-8-,16-14-,23-21-,31-27-,32-28+,48-44+. The molecular formula is C62H109NO10. The maximum atomic E-state index is 13.0. The molecule has 11 heteroatoms. The fourth-order valence-corrected chi connectivity index (χ4v) is 8.77. The van der Waals surface area contributed by atoms with E-state index in [4.69, 9.17) is 14.2 Å². The lowest BCUT2D eigenvalue weighted by molar-refractivity contribution is -0.302. The van der Waals surface area contributed by atoms with E-state index in [-0.39, 0.29) is 18.5 Å². The molecule has 0 aromatic rings. The Labute approximate surface area is 445 Å². The smallest absolute Gasteiger partial charge is 0.305 e. The van der Waals surface area contributed by atoms with E-state index in [2.05, 4.69) is 79.9 Å². The largest absolute Gasteiger partial charge is 0.466 e. The molecule has 6 N–H and O–H groups in total. The van der Waals surface area contributed by atoms with Crippen LogP contribution in [0.15, 0.2) is 72.9 Å². The predicted molar refractivity (Wildman–Crippen MR) is 301 cm³/mol. The summed E-state index contributed by atoms with van der Waals surface area (Å²) in [5.41, 5.74) is 0. The topological polar surface area (TPSA) is 175 Å². The first-order valence-corrected chi connectivity index (χ1v) is 29.7. The molecule has 0 bridgehead atoms. The number of nitrogens with one attached hydrogen (secondary N) is 1. The number of allylic oxidation sites excluding steroid dienone is 11. The van der Waals surface area contributed by atoms with Crippen LogP contribution < -0.4 is 5.32 Å². The highest BCUT2D eigenvalue weighted by Crippen LogP contribution is 2.23. The Kier molecular flexibility index (Phi) is 47.8. The van der Waals surface area contributed by atoms with Crippen LogP contribution in [-0.2, 0) is 23.8 Å². The molecule has 0 radical (unpaired) electrons. The Bertz CT molecular complexity index is 1440. The van der Waals surface area contributed by atoms with Crippen molar-refractivity contribution in [1.82, 2.24) is 5.32 Å². The van der Waals surface area contributed by atoms with Gasteiger partial charge in [-0.2, -0.15) is 0 Å². The van der Waals surface area contributed by atoms with Gasteiger partial charge in [0.05, 0.1) is 32.0 Å². The summed E-state index contributed by atoms with van der Waals surface area (Å²) in [5, 5.41) is 54.3. The van der Waals surface area contributed by atoms with Crippen molar-refractivity contribution >= 4 is 11.9 Å². The van der Waals surface area contributed by atoms with Gasteiger partial charge in [0, 0.05) is 12.8 Å².